The summed E-state index contributed by atoms with van der Waals surface area (Å²) in [5.41, 5.74) is 5.40. The van der Waals surface area contributed by atoms with Crippen LogP contribution in [0.4, 0.5) is 0 Å². The van der Waals surface area contributed by atoms with Crippen molar-refractivity contribution in [1.82, 2.24) is 5.32 Å². The zero-order valence-electron chi connectivity index (χ0n) is 9.36. The SMILES string of the molecule is COC(CN)C(=O)NC(C)C1CCOC1. The van der Waals surface area contributed by atoms with Crippen LogP contribution in [0.25, 0.3) is 0 Å². The van der Waals surface area contributed by atoms with Gasteiger partial charge in [0, 0.05) is 32.2 Å². The molecule has 0 aromatic carbocycles. The van der Waals surface area contributed by atoms with Crippen molar-refractivity contribution in [2.45, 2.75) is 25.5 Å². The molecule has 0 radical (unpaired) electrons. The lowest BCUT2D eigenvalue weighted by atomic mass is 10.0. The van der Waals surface area contributed by atoms with E-state index in [1.165, 1.54) is 7.11 Å². The maximum Gasteiger partial charge on any atom is 0.250 e. The van der Waals surface area contributed by atoms with E-state index >= 15 is 0 Å². The first-order chi connectivity index (χ1) is 7.19. The van der Waals surface area contributed by atoms with Gasteiger partial charge in [-0.1, -0.05) is 0 Å². The second-order valence-electron chi connectivity index (χ2n) is 3.88. The predicted octanol–water partition coefficient (Wildman–Crippen LogP) is -0.499. The largest absolute Gasteiger partial charge is 0.381 e. The van der Waals surface area contributed by atoms with Crippen molar-refractivity contribution in [2.24, 2.45) is 11.7 Å². The minimum absolute atomic E-state index is 0.115. The predicted molar refractivity (Wildman–Crippen MR) is 56.4 cm³/mol. The molecule has 1 aliphatic rings. The number of amides is 1. The van der Waals surface area contributed by atoms with E-state index in [4.69, 9.17) is 15.2 Å². The molecule has 1 saturated heterocycles. The molecule has 1 fully saturated rings. The van der Waals surface area contributed by atoms with E-state index in [-0.39, 0.29) is 18.5 Å². The third-order valence-electron chi connectivity index (χ3n) is 2.83. The molecule has 1 heterocycles. The fraction of sp³-hybridized carbons (Fsp3) is 0.900. The molecule has 5 nitrogen and oxygen atoms in total. The second-order valence-corrected chi connectivity index (χ2v) is 3.88. The fourth-order valence-electron chi connectivity index (χ4n) is 1.69. The van der Waals surface area contributed by atoms with Crippen molar-refractivity contribution in [3.8, 4) is 0 Å². The minimum atomic E-state index is -0.547. The first-order valence-electron chi connectivity index (χ1n) is 5.30. The number of hydrogen-bond acceptors (Lipinski definition) is 4. The number of nitrogens with one attached hydrogen (secondary N) is 1. The van der Waals surface area contributed by atoms with Crippen LogP contribution in [0.15, 0.2) is 0 Å². The Morgan fingerprint density at radius 3 is 2.93 bits per heavy atom. The summed E-state index contributed by atoms with van der Waals surface area (Å²) in [7, 11) is 1.49. The summed E-state index contributed by atoms with van der Waals surface area (Å²) < 4.78 is 10.2. The van der Waals surface area contributed by atoms with Gasteiger partial charge in [-0.05, 0) is 13.3 Å². The smallest absolute Gasteiger partial charge is 0.250 e. The third-order valence-corrected chi connectivity index (χ3v) is 2.83. The molecule has 0 aliphatic carbocycles. The Kier molecular flexibility index (Phi) is 5.01. The van der Waals surface area contributed by atoms with Crippen molar-refractivity contribution < 1.29 is 14.3 Å². The molecule has 88 valence electrons. The van der Waals surface area contributed by atoms with E-state index in [0.29, 0.717) is 5.92 Å². The number of ether oxygens (including phenoxy) is 2. The number of methoxy groups -OCH3 is 1. The van der Waals surface area contributed by atoms with Crippen LogP contribution in [-0.4, -0.2) is 44.9 Å². The average Bonchev–Trinajstić information content (AvgIpc) is 2.72. The highest BCUT2D eigenvalue weighted by atomic mass is 16.5. The first-order valence-corrected chi connectivity index (χ1v) is 5.30. The van der Waals surface area contributed by atoms with Crippen molar-refractivity contribution in [3.05, 3.63) is 0 Å². The molecule has 15 heavy (non-hydrogen) atoms. The van der Waals surface area contributed by atoms with Gasteiger partial charge in [0.15, 0.2) is 0 Å². The lowest BCUT2D eigenvalue weighted by Crippen LogP contribution is -2.46. The Morgan fingerprint density at radius 2 is 2.47 bits per heavy atom. The van der Waals surface area contributed by atoms with Gasteiger partial charge < -0.3 is 20.5 Å². The van der Waals surface area contributed by atoms with Crippen LogP contribution in [0.1, 0.15) is 13.3 Å². The highest BCUT2D eigenvalue weighted by Gasteiger charge is 2.25. The van der Waals surface area contributed by atoms with Crippen molar-refractivity contribution in [3.63, 3.8) is 0 Å². The Morgan fingerprint density at radius 1 is 1.73 bits per heavy atom. The van der Waals surface area contributed by atoms with Crippen LogP contribution in [-0.2, 0) is 14.3 Å². The Labute approximate surface area is 90.3 Å². The van der Waals surface area contributed by atoms with Gasteiger partial charge in [0.25, 0.3) is 5.91 Å². The summed E-state index contributed by atoms with van der Waals surface area (Å²) in [6.45, 7) is 3.70. The van der Waals surface area contributed by atoms with Crippen molar-refractivity contribution >= 4 is 5.91 Å². The van der Waals surface area contributed by atoms with E-state index in [2.05, 4.69) is 5.32 Å². The number of nitrogens with two attached hydrogens (primary N) is 1. The summed E-state index contributed by atoms with van der Waals surface area (Å²) in [4.78, 5) is 11.6. The van der Waals surface area contributed by atoms with Gasteiger partial charge in [-0.25, -0.2) is 0 Å². The standard InChI is InChI=1S/C10H20N2O3/c1-7(8-3-4-15-6-8)12-10(13)9(5-11)14-2/h7-9H,3-6,11H2,1-2H3,(H,12,13). The molecule has 3 atom stereocenters. The number of carbonyl (C=O) groups is 1. The summed E-state index contributed by atoms with van der Waals surface area (Å²) in [5.74, 6) is 0.267. The highest BCUT2D eigenvalue weighted by Crippen LogP contribution is 2.16. The number of rotatable bonds is 5. The maximum absolute atomic E-state index is 11.6. The molecule has 5 heteroatoms. The van der Waals surface area contributed by atoms with Gasteiger partial charge >= 0.3 is 0 Å². The van der Waals surface area contributed by atoms with Gasteiger partial charge in [-0.2, -0.15) is 0 Å². The van der Waals surface area contributed by atoms with Crippen molar-refractivity contribution in [1.29, 1.82) is 0 Å². The summed E-state index contributed by atoms with van der Waals surface area (Å²) in [5, 5.41) is 2.90. The zero-order chi connectivity index (χ0) is 11.3. The molecule has 1 aliphatic heterocycles. The third kappa shape index (κ3) is 3.44. The molecule has 1 amide bonds. The molecular formula is C10H20N2O3. The van der Waals surface area contributed by atoms with Crippen LogP contribution >= 0.6 is 0 Å². The molecule has 3 N–H and O–H groups in total. The highest BCUT2D eigenvalue weighted by molar-refractivity contribution is 5.81. The Hall–Kier alpha value is -0.650. The quantitative estimate of drug-likeness (QED) is 0.650. The Balaban J connectivity index is 2.35. The molecule has 0 bridgehead atoms. The zero-order valence-corrected chi connectivity index (χ0v) is 9.36. The normalized spacial score (nSPS) is 24.9. The van der Waals surface area contributed by atoms with E-state index in [1.54, 1.807) is 0 Å². The number of hydrogen-bond donors (Lipinski definition) is 2. The van der Waals surface area contributed by atoms with Gasteiger partial charge in [0.05, 0.1) is 6.61 Å². The molecular weight excluding hydrogens is 196 g/mol. The maximum atomic E-state index is 11.6. The Bertz CT molecular complexity index is 201. The van der Waals surface area contributed by atoms with E-state index in [1.807, 2.05) is 6.92 Å². The molecule has 0 aromatic heterocycles. The van der Waals surface area contributed by atoms with Gasteiger partial charge in [0.2, 0.25) is 0 Å². The molecule has 0 spiro atoms. The van der Waals surface area contributed by atoms with Crippen LogP contribution in [0.5, 0.6) is 0 Å². The van der Waals surface area contributed by atoms with Crippen molar-refractivity contribution in [2.75, 3.05) is 26.9 Å². The van der Waals surface area contributed by atoms with Gasteiger partial charge in [0.1, 0.15) is 6.10 Å². The summed E-state index contributed by atoms with van der Waals surface area (Å²) in [6, 6.07) is 0.115. The average molecular weight is 216 g/mol. The van der Waals surface area contributed by atoms with Crippen LogP contribution in [0.3, 0.4) is 0 Å². The monoisotopic (exact) mass is 216 g/mol. The molecule has 3 unspecified atom stereocenters. The first kappa shape index (κ1) is 12.4. The molecule has 0 aromatic rings. The van der Waals surface area contributed by atoms with Gasteiger partial charge in [-0.3, -0.25) is 4.79 Å². The second kappa shape index (κ2) is 6.05. The lowest BCUT2D eigenvalue weighted by molar-refractivity contribution is -0.131. The molecule has 1 rings (SSSR count). The van der Waals surface area contributed by atoms with Crippen LogP contribution in [0, 0.1) is 5.92 Å². The van der Waals surface area contributed by atoms with E-state index < -0.39 is 6.10 Å². The van der Waals surface area contributed by atoms with Gasteiger partial charge in [-0.15, -0.1) is 0 Å². The minimum Gasteiger partial charge on any atom is -0.381 e. The van der Waals surface area contributed by atoms with E-state index in [0.717, 1.165) is 19.6 Å². The number of carbonyl (C=O) groups excluding carboxylic acids is 1. The fourth-order valence-corrected chi connectivity index (χ4v) is 1.69. The topological polar surface area (TPSA) is 73.6 Å². The lowest BCUT2D eigenvalue weighted by Gasteiger charge is -2.21. The molecule has 0 saturated carbocycles. The van der Waals surface area contributed by atoms with E-state index in [9.17, 15) is 4.79 Å². The summed E-state index contributed by atoms with van der Waals surface area (Å²) >= 11 is 0. The van der Waals surface area contributed by atoms with Crippen LogP contribution in [0.2, 0.25) is 0 Å². The summed E-state index contributed by atoms with van der Waals surface area (Å²) in [6.07, 6.45) is 0.455. The van der Waals surface area contributed by atoms with Crippen LogP contribution < -0.4 is 11.1 Å².